The number of hydrogen-bond donors (Lipinski definition) is 1. The van der Waals surface area contributed by atoms with E-state index in [4.69, 9.17) is 10.4 Å². The Hall–Kier alpha value is -0.590. The number of piperidine rings is 1. The minimum atomic E-state index is 0.109. The third-order valence-electron chi connectivity index (χ3n) is 2.61. The molecule has 0 aliphatic carbocycles. The lowest BCUT2D eigenvalue weighted by molar-refractivity contribution is 0.115. The standard InChI is InChI=1S/C10H18N2O/c1-9(5-11)6-12-4-2-3-10(7-12)8-13/h9-10,13H,2-4,6-8H2,1H3. The first kappa shape index (κ1) is 10.5. The van der Waals surface area contributed by atoms with E-state index < -0.39 is 0 Å². The van der Waals surface area contributed by atoms with Gasteiger partial charge in [-0.15, -0.1) is 0 Å². The molecule has 0 bridgehead atoms. The van der Waals surface area contributed by atoms with Crippen LogP contribution in [0.2, 0.25) is 0 Å². The van der Waals surface area contributed by atoms with Gasteiger partial charge in [0.05, 0.1) is 12.0 Å². The smallest absolute Gasteiger partial charge is 0.0666 e. The molecule has 0 aromatic heterocycles. The predicted molar refractivity (Wildman–Crippen MR) is 51.0 cm³/mol. The fourth-order valence-corrected chi connectivity index (χ4v) is 1.89. The second-order valence-electron chi connectivity index (χ2n) is 3.98. The van der Waals surface area contributed by atoms with Crippen molar-refractivity contribution in [1.29, 1.82) is 5.26 Å². The quantitative estimate of drug-likeness (QED) is 0.704. The second-order valence-corrected chi connectivity index (χ2v) is 3.98. The monoisotopic (exact) mass is 182 g/mol. The Bertz CT molecular complexity index is 188. The van der Waals surface area contributed by atoms with Crippen molar-refractivity contribution in [3.63, 3.8) is 0 Å². The van der Waals surface area contributed by atoms with Gasteiger partial charge in [-0.25, -0.2) is 0 Å². The summed E-state index contributed by atoms with van der Waals surface area (Å²) in [5, 5.41) is 17.7. The summed E-state index contributed by atoms with van der Waals surface area (Å²) in [5.41, 5.74) is 0. The summed E-state index contributed by atoms with van der Waals surface area (Å²) in [6.07, 6.45) is 2.29. The van der Waals surface area contributed by atoms with Crippen molar-refractivity contribution in [1.82, 2.24) is 4.90 Å². The van der Waals surface area contributed by atoms with Gasteiger partial charge in [-0.2, -0.15) is 5.26 Å². The van der Waals surface area contributed by atoms with Crippen molar-refractivity contribution in [3.8, 4) is 6.07 Å². The van der Waals surface area contributed by atoms with Crippen LogP contribution < -0.4 is 0 Å². The van der Waals surface area contributed by atoms with Gasteiger partial charge in [0.2, 0.25) is 0 Å². The zero-order valence-electron chi connectivity index (χ0n) is 8.24. The highest BCUT2D eigenvalue weighted by Gasteiger charge is 2.20. The molecule has 2 unspecified atom stereocenters. The summed E-state index contributed by atoms with van der Waals surface area (Å²) in [6.45, 7) is 5.14. The summed E-state index contributed by atoms with van der Waals surface area (Å²) in [4.78, 5) is 2.29. The van der Waals surface area contributed by atoms with Crippen LogP contribution in [0.5, 0.6) is 0 Å². The summed E-state index contributed by atoms with van der Waals surface area (Å²) in [5.74, 6) is 0.539. The van der Waals surface area contributed by atoms with E-state index in [2.05, 4.69) is 11.0 Å². The third-order valence-corrected chi connectivity index (χ3v) is 2.61. The molecular formula is C10H18N2O. The van der Waals surface area contributed by atoms with Crippen LogP contribution in [0, 0.1) is 23.2 Å². The molecule has 3 heteroatoms. The van der Waals surface area contributed by atoms with Gasteiger partial charge in [-0.1, -0.05) is 0 Å². The van der Waals surface area contributed by atoms with E-state index in [1.807, 2.05) is 6.92 Å². The average Bonchev–Trinajstić information content (AvgIpc) is 2.18. The Morgan fingerprint density at radius 2 is 2.46 bits per heavy atom. The zero-order chi connectivity index (χ0) is 9.68. The van der Waals surface area contributed by atoms with Crippen LogP contribution in [0.25, 0.3) is 0 Å². The van der Waals surface area contributed by atoms with Gasteiger partial charge in [0, 0.05) is 19.7 Å². The normalized spacial score (nSPS) is 26.7. The van der Waals surface area contributed by atoms with Crippen LogP contribution in [-0.4, -0.2) is 36.2 Å². The molecule has 0 aromatic rings. The summed E-state index contributed by atoms with van der Waals surface area (Å²) < 4.78 is 0. The van der Waals surface area contributed by atoms with Gasteiger partial charge in [-0.05, 0) is 32.2 Å². The number of hydrogen-bond acceptors (Lipinski definition) is 3. The van der Waals surface area contributed by atoms with Crippen LogP contribution >= 0.6 is 0 Å². The fourth-order valence-electron chi connectivity index (χ4n) is 1.89. The maximum atomic E-state index is 9.01. The molecule has 1 heterocycles. The van der Waals surface area contributed by atoms with Crippen molar-refractivity contribution in [3.05, 3.63) is 0 Å². The van der Waals surface area contributed by atoms with Crippen LogP contribution in [0.15, 0.2) is 0 Å². The van der Waals surface area contributed by atoms with Crippen LogP contribution in [0.4, 0.5) is 0 Å². The van der Waals surface area contributed by atoms with Crippen molar-refractivity contribution in [2.24, 2.45) is 11.8 Å². The van der Waals surface area contributed by atoms with Crippen molar-refractivity contribution in [2.45, 2.75) is 19.8 Å². The molecule has 74 valence electrons. The lowest BCUT2D eigenvalue weighted by Crippen LogP contribution is -2.39. The average molecular weight is 182 g/mol. The molecule has 1 aliphatic heterocycles. The first-order valence-electron chi connectivity index (χ1n) is 4.99. The number of rotatable bonds is 3. The molecule has 1 rings (SSSR count). The van der Waals surface area contributed by atoms with E-state index >= 15 is 0 Å². The Labute approximate surface area is 80.0 Å². The molecule has 2 atom stereocenters. The number of nitrogens with zero attached hydrogens (tertiary/aromatic N) is 2. The number of likely N-dealkylation sites (tertiary alicyclic amines) is 1. The highest BCUT2D eigenvalue weighted by Crippen LogP contribution is 2.16. The first-order chi connectivity index (χ1) is 6.26. The minimum Gasteiger partial charge on any atom is -0.396 e. The van der Waals surface area contributed by atoms with E-state index in [0.29, 0.717) is 5.92 Å². The van der Waals surface area contributed by atoms with Gasteiger partial charge in [-0.3, -0.25) is 0 Å². The SMILES string of the molecule is CC(C#N)CN1CCCC(CO)C1. The minimum absolute atomic E-state index is 0.109. The van der Waals surface area contributed by atoms with E-state index in [-0.39, 0.29) is 12.5 Å². The molecule has 0 saturated carbocycles. The van der Waals surface area contributed by atoms with Crippen molar-refractivity contribution >= 4 is 0 Å². The van der Waals surface area contributed by atoms with Crippen LogP contribution in [-0.2, 0) is 0 Å². The van der Waals surface area contributed by atoms with Crippen LogP contribution in [0.3, 0.4) is 0 Å². The first-order valence-corrected chi connectivity index (χ1v) is 4.99. The van der Waals surface area contributed by atoms with E-state index in [1.54, 1.807) is 0 Å². The Morgan fingerprint density at radius 3 is 3.08 bits per heavy atom. The highest BCUT2D eigenvalue weighted by atomic mass is 16.3. The molecule has 1 aliphatic rings. The molecule has 0 radical (unpaired) electrons. The molecule has 0 spiro atoms. The predicted octanol–water partition coefficient (Wildman–Crippen LogP) is 0.850. The Morgan fingerprint density at radius 1 is 1.69 bits per heavy atom. The summed E-state index contributed by atoms with van der Waals surface area (Å²) in [7, 11) is 0. The maximum Gasteiger partial charge on any atom is 0.0666 e. The van der Waals surface area contributed by atoms with Gasteiger partial charge < -0.3 is 10.0 Å². The second kappa shape index (κ2) is 5.21. The summed E-state index contributed by atoms with van der Waals surface area (Å²) >= 11 is 0. The number of nitriles is 1. The number of aliphatic hydroxyl groups excluding tert-OH is 1. The highest BCUT2D eigenvalue weighted by molar-refractivity contribution is 4.83. The molecule has 13 heavy (non-hydrogen) atoms. The van der Waals surface area contributed by atoms with Crippen molar-refractivity contribution in [2.75, 3.05) is 26.2 Å². The lowest BCUT2D eigenvalue weighted by atomic mass is 9.98. The van der Waals surface area contributed by atoms with Gasteiger partial charge in [0.1, 0.15) is 0 Å². The Kier molecular flexibility index (Phi) is 4.20. The van der Waals surface area contributed by atoms with E-state index in [1.165, 1.54) is 0 Å². The van der Waals surface area contributed by atoms with Gasteiger partial charge in [0.15, 0.2) is 0 Å². The number of aliphatic hydroxyl groups is 1. The third kappa shape index (κ3) is 3.33. The van der Waals surface area contributed by atoms with E-state index in [0.717, 1.165) is 32.5 Å². The van der Waals surface area contributed by atoms with Gasteiger partial charge >= 0.3 is 0 Å². The van der Waals surface area contributed by atoms with Crippen LogP contribution in [0.1, 0.15) is 19.8 Å². The lowest BCUT2D eigenvalue weighted by Gasteiger charge is -2.32. The molecule has 0 aromatic carbocycles. The van der Waals surface area contributed by atoms with Crippen molar-refractivity contribution < 1.29 is 5.11 Å². The molecule has 1 N–H and O–H groups in total. The maximum absolute atomic E-state index is 9.01. The van der Waals surface area contributed by atoms with Gasteiger partial charge in [0.25, 0.3) is 0 Å². The fraction of sp³-hybridized carbons (Fsp3) is 0.900. The molecule has 1 saturated heterocycles. The Balaban J connectivity index is 2.30. The molecule has 1 fully saturated rings. The summed E-state index contributed by atoms with van der Waals surface area (Å²) in [6, 6.07) is 2.24. The molecular weight excluding hydrogens is 164 g/mol. The molecule has 0 amide bonds. The molecule has 3 nitrogen and oxygen atoms in total. The largest absolute Gasteiger partial charge is 0.396 e. The zero-order valence-corrected chi connectivity index (χ0v) is 8.24. The van der Waals surface area contributed by atoms with E-state index in [9.17, 15) is 0 Å². The topological polar surface area (TPSA) is 47.3 Å².